The van der Waals surface area contributed by atoms with E-state index in [0.717, 1.165) is 17.1 Å². The highest BCUT2D eigenvalue weighted by Crippen LogP contribution is 2.26. The molecule has 4 aromatic carbocycles. The average molecular weight is 476 g/mol. The Labute approximate surface area is 209 Å². The molecule has 0 N–H and O–H groups in total. The minimum atomic E-state index is 0.0201. The van der Waals surface area contributed by atoms with Crippen molar-refractivity contribution in [2.45, 2.75) is 6.92 Å². The maximum atomic E-state index is 11.3. The first-order chi connectivity index (χ1) is 17.5. The summed E-state index contributed by atoms with van der Waals surface area (Å²) in [4.78, 5) is 13.4. The molecule has 0 aliphatic rings. The van der Waals surface area contributed by atoms with E-state index in [4.69, 9.17) is 0 Å². The average Bonchev–Trinajstić information content (AvgIpc) is 2.91. The summed E-state index contributed by atoms with van der Waals surface area (Å²) >= 11 is 0. The van der Waals surface area contributed by atoms with Gasteiger partial charge in [0.2, 0.25) is 0 Å². The van der Waals surface area contributed by atoms with Gasteiger partial charge in [-0.2, -0.15) is 30.7 Å². The topological polar surface area (TPSA) is 94.5 Å². The van der Waals surface area contributed by atoms with Gasteiger partial charge in [-0.25, -0.2) is 0 Å². The molecule has 0 unspecified atom stereocenters. The Kier molecular flexibility index (Phi) is 7.77. The van der Waals surface area contributed by atoms with E-state index in [0.29, 0.717) is 28.3 Å². The van der Waals surface area contributed by atoms with Crippen LogP contribution in [0.1, 0.15) is 17.3 Å². The maximum Gasteiger partial charge on any atom is 0.159 e. The molecule has 0 aromatic heterocycles. The van der Waals surface area contributed by atoms with Crippen LogP contribution in [-0.2, 0) is 0 Å². The van der Waals surface area contributed by atoms with Gasteiger partial charge in [0, 0.05) is 25.3 Å². The Morgan fingerprint density at radius 2 is 0.722 bits per heavy atom. The highest BCUT2D eigenvalue weighted by Gasteiger charge is 1.99. The van der Waals surface area contributed by atoms with Crippen LogP contribution in [0.2, 0.25) is 0 Å². The Morgan fingerprint density at radius 1 is 0.472 bits per heavy atom. The first-order valence-electron chi connectivity index (χ1n) is 11.3. The van der Waals surface area contributed by atoms with E-state index in [-0.39, 0.29) is 5.78 Å². The smallest absolute Gasteiger partial charge is 0.159 e. The Hall–Kier alpha value is -4.85. The second-order valence-corrected chi connectivity index (χ2v) is 8.15. The molecule has 0 radical (unpaired) electrons. The molecule has 0 saturated heterocycles. The largest absolute Gasteiger partial charge is 0.378 e. The second-order valence-electron chi connectivity index (χ2n) is 8.15. The number of ketones is 1. The number of Topliss-reactive ketones (excluding diaryl/α,β-unsaturated/α-hetero) is 1. The number of anilines is 1. The van der Waals surface area contributed by atoms with Crippen molar-refractivity contribution in [2.75, 3.05) is 19.0 Å². The first-order valence-corrected chi connectivity index (χ1v) is 11.3. The van der Waals surface area contributed by atoms with Gasteiger partial charge in [-0.15, -0.1) is 0 Å². The summed E-state index contributed by atoms with van der Waals surface area (Å²) in [5, 5.41) is 25.5. The highest BCUT2D eigenvalue weighted by molar-refractivity contribution is 5.94. The number of hydrogen-bond donors (Lipinski definition) is 0. The van der Waals surface area contributed by atoms with Crippen LogP contribution in [0.5, 0.6) is 0 Å². The molecule has 0 heterocycles. The lowest BCUT2D eigenvalue weighted by molar-refractivity contribution is 0.101. The van der Waals surface area contributed by atoms with Gasteiger partial charge in [0.15, 0.2) is 5.78 Å². The summed E-state index contributed by atoms with van der Waals surface area (Å²) in [5.74, 6) is 0.0201. The molecule has 8 heteroatoms. The summed E-state index contributed by atoms with van der Waals surface area (Å²) in [7, 11) is 3.99. The predicted molar refractivity (Wildman–Crippen MR) is 143 cm³/mol. The number of nitrogens with zero attached hydrogens (tertiary/aromatic N) is 7. The molecule has 178 valence electrons. The van der Waals surface area contributed by atoms with Crippen LogP contribution in [0, 0.1) is 0 Å². The van der Waals surface area contributed by atoms with E-state index >= 15 is 0 Å². The zero-order valence-corrected chi connectivity index (χ0v) is 20.3. The number of azo groups is 3. The molecule has 0 saturated carbocycles. The molecule has 0 fully saturated rings. The van der Waals surface area contributed by atoms with E-state index in [2.05, 4.69) is 30.7 Å². The zero-order chi connectivity index (χ0) is 25.3. The fourth-order valence-electron chi connectivity index (χ4n) is 3.10. The van der Waals surface area contributed by atoms with Gasteiger partial charge in [-0.3, -0.25) is 4.79 Å². The molecule has 8 nitrogen and oxygen atoms in total. The van der Waals surface area contributed by atoms with Crippen molar-refractivity contribution in [3.63, 3.8) is 0 Å². The lowest BCUT2D eigenvalue weighted by Gasteiger charge is -2.11. The van der Waals surface area contributed by atoms with Crippen molar-refractivity contribution >= 4 is 45.6 Å². The highest BCUT2D eigenvalue weighted by atomic mass is 16.1. The van der Waals surface area contributed by atoms with Gasteiger partial charge < -0.3 is 4.90 Å². The molecule has 0 atom stereocenters. The molecular formula is C28H25N7O. The predicted octanol–water partition coefficient (Wildman–Crippen LogP) is 9.20. The summed E-state index contributed by atoms with van der Waals surface area (Å²) < 4.78 is 0. The van der Waals surface area contributed by atoms with Gasteiger partial charge in [0.1, 0.15) is 0 Å². The van der Waals surface area contributed by atoms with E-state index in [1.807, 2.05) is 91.8 Å². The molecule has 4 rings (SSSR count). The summed E-state index contributed by atoms with van der Waals surface area (Å²) in [6, 6.07) is 29.5. The van der Waals surface area contributed by atoms with Crippen molar-refractivity contribution in [2.24, 2.45) is 30.7 Å². The molecular weight excluding hydrogens is 450 g/mol. The monoisotopic (exact) mass is 475 g/mol. The van der Waals surface area contributed by atoms with Crippen LogP contribution in [0.3, 0.4) is 0 Å². The SMILES string of the molecule is CC(=O)c1ccc(N=Nc2ccc(N=Nc3ccc(N=Nc4ccc(N(C)C)cc4)cc3)cc2)cc1. The van der Waals surface area contributed by atoms with Gasteiger partial charge >= 0.3 is 0 Å². The van der Waals surface area contributed by atoms with E-state index < -0.39 is 0 Å². The third kappa shape index (κ3) is 6.83. The van der Waals surface area contributed by atoms with Crippen molar-refractivity contribution in [1.82, 2.24) is 0 Å². The molecule has 36 heavy (non-hydrogen) atoms. The van der Waals surface area contributed by atoms with Crippen molar-refractivity contribution in [1.29, 1.82) is 0 Å². The zero-order valence-electron chi connectivity index (χ0n) is 20.3. The molecule has 0 spiro atoms. The summed E-state index contributed by atoms with van der Waals surface area (Å²) in [5.41, 5.74) is 6.06. The van der Waals surface area contributed by atoms with Crippen LogP contribution in [0.25, 0.3) is 0 Å². The van der Waals surface area contributed by atoms with Crippen LogP contribution >= 0.6 is 0 Å². The van der Waals surface area contributed by atoms with Gasteiger partial charge in [0.25, 0.3) is 0 Å². The Bertz CT molecular complexity index is 1390. The number of hydrogen-bond acceptors (Lipinski definition) is 8. The Balaban J connectivity index is 1.33. The third-order valence-corrected chi connectivity index (χ3v) is 5.18. The molecule has 0 aliphatic carbocycles. The van der Waals surface area contributed by atoms with Gasteiger partial charge in [0.05, 0.1) is 34.1 Å². The quantitative estimate of drug-likeness (QED) is 0.187. The van der Waals surface area contributed by atoms with E-state index in [1.165, 1.54) is 6.92 Å². The van der Waals surface area contributed by atoms with Crippen molar-refractivity contribution in [3.05, 3.63) is 103 Å². The van der Waals surface area contributed by atoms with Gasteiger partial charge in [-0.05, 0) is 104 Å². The minimum absolute atomic E-state index is 0.0201. The lowest BCUT2D eigenvalue weighted by Crippen LogP contribution is -2.07. The molecule has 4 aromatic rings. The van der Waals surface area contributed by atoms with E-state index in [9.17, 15) is 4.79 Å². The summed E-state index contributed by atoms with van der Waals surface area (Å²) in [6.07, 6.45) is 0. The number of carbonyl (C=O) groups excluding carboxylic acids is 1. The lowest BCUT2D eigenvalue weighted by atomic mass is 10.1. The summed E-state index contributed by atoms with van der Waals surface area (Å²) in [6.45, 7) is 1.53. The number of rotatable bonds is 8. The maximum absolute atomic E-state index is 11.3. The van der Waals surface area contributed by atoms with Crippen LogP contribution < -0.4 is 4.90 Å². The fourth-order valence-corrected chi connectivity index (χ4v) is 3.10. The fraction of sp³-hybridized carbons (Fsp3) is 0.107. The van der Waals surface area contributed by atoms with Crippen molar-refractivity contribution < 1.29 is 4.79 Å². The molecule has 0 aliphatic heterocycles. The van der Waals surface area contributed by atoms with Crippen molar-refractivity contribution in [3.8, 4) is 0 Å². The molecule has 0 bridgehead atoms. The first kappa shape index (κ1) is 24.3. The number of carbonyl (C=O) groups is 1. The van der Waals surface area contributed by atoms with Crippen LogP contribution in [0.4, 0.5) is 39.8 Å². The van der Waals surface area contributed by atoms with E-state index in [1.54, 1.807) is 24.3 Å². The standard InChI is InChI=1S/C28H25N7O/c1-20(36)21-4-6-22(7-5-21)29-30-23-8-10-24(11-9-23)31-32-25-12-14-26(15-13-25)33-34-27-16-18-28(19-17-27)35(2)3/h4-19H,1-3H3. The normalized spacial score (nSPS) is 11.5. The van der Waals surface area contributed by atoms with Crippen LogP contribution in [0.15, 0.2) is 128 Å². The minimum Gasteiger partial charge on any atom is -0.378 e. The molecule has 0 amide bonds. The number of benzene rings is 4. The van der Waals surface area contributed by atoms with Crippen LogP contribution in [-0.4, -0.2) is 19.9 Å². The second kappa shape index (κ2) is 11.5. The Morgan fingerprint density at radius 3 is 0.972 bits per heavy atom. The third-order valence-electron chi connectivity index (χ3n) is 5.18. The van der Waals surface area contributed by atoms with Gasteiger partial charge in [-0.1, -0.05) is 0 Å².